The molecule has 0 bridgehead atoms. The van der Waals surface area contributed by atoms with Crippen molar-refractivity contribution in [3.8, 4) is 0 Å². The highest BCUT2D eigenvalue weighted by molar-refractivity contribution is 6.31. The van der Waals surface area contributed by atoms with Gasteiger partial charge in [0.25, 0.3) is 0 Å². The van der Waals surface area contributed by atoms with Crippen molar-refractivity contribution in [3.63, 3.8) is 0 Å². The van der Waals surface area contributed by atoms with E-state index < -0.39 is 0 Å². The smallest absolute Gasteiger partial charge is 0.0847 e. The van der Waals surface area contributed by atoms with Crippen molar-refractivity contribution in [2.45, 2.75) is 47.1 Å². The first kappa shape index (κ1) is 14.5. The topological polar surface area (TPSA) is 29.9 Å². The number of hydrogen-bond acceptors (Lipinski definition) is 2. The molecule has 1 rings (SSSR count). The molecule has 1 heterocycles. The number of rotatable bonds is 7. The normalized spacial score (nSPS) is 13.0. The van der Waals surface area contributed by atoms with Crippen LogP contribution in [0.2, 0.25) is 5.02 Å². The van der Waals surface area contributed by atoms with Crippen molar-refractivity contribution in [2.75, 3.05) is 13.1 Å². The molecule has 0 amide bonds. The van der Waals surface area contributed by atoms with Crippen molar-refractivity contribution in [1.82, 2.24) is 15.1 Å². The van der Waals surface area contributed by atoms with E-state index in [-0.39, 0.29) is 0 Å². The van der Waals surface area contributed by atoms with E-state index in [2.05, 4.69) is 31.2 Å². The average Bonchev–Trinajstić information content (AvgIpc) is 2.61. The second-order valence-corrected chi connectivity index (χ2v) is 4.83. The Morgan fingerprint density at radius 2 is 2.06 bits per heavy atom. The lowest BCUT2D eigenvalue weighted by atomic mass is 10.00. The fourth-order valence-corrected chi connectivity index (χ4v) is 2.26. The molecule has 0 aliphatic carbocycles. The Morgan fingerprint density at radius 3 is 2.59 bits per heavy atom. The van der Waals surface area contributed by atoms with Gasteiger partial charge in [-0.2, -0.15) is 5.10 Å². The molecule has 0 fully saturated rings. The number of nitrogens with one attached hydrogen (secondary N) is 1. The van der Waals surface area contributed by atoms with Gasteiger partial charge in [-0.25, -0.2) is 0 Å². The van der Waals surface area contributed by atoms with Gasteiger partial charge in [-0.1, -0.05) is 31.9 Å². The van der Waals surface area contributed by atoms with Gasteiger partial charge in [0, 0.05) is 6.54 Å². The Labute approximate surface area is 110 Å². The second kappa shape index (κ2) is 7.02. The standard InChI is InChI=1S/C13H24ClN3/c1-5-11(9-15-6-2)8-12-13(14)10(4)16-17(12)7-3/h11,15H,5-9H2,1-4H3. The highest BCUT2D eigenvalue weighted by Crippen LogP contribution is 2.23. The first-order valence-electron chi connectivity index (χ1n) is 6.56. The lowest BCUT2D eigenvalue weighted by molar-refractivity contribution is 0.449. The van der Waals surface area contributed by atoms with Crippen LogP contribution in [-0.4, -0.2) is 22.9 Å². The van der Waals surface area contributed by atoms with E-state index >= 15 is 0 Å². The molecule has 17 heavy (non-hydrogen) atoms. The highest BCUT2D eigenvalue weighted by Gasteiger charge is 2.16. The molecule has 0 spiro atoms. The molecule has 1 N–H and O–H groups in total. The largest absolute Gasteiger partial charge is 0.317 e. The zero-order valence-electron chi connectivity index (χ0n) is 11.4. The van der Waals surface area contributed by atoms with Crippen LogP contribution < -0.4 is 5.32 Å². The van der Waals surface area contributed by atoms with Crippen LogP contribution in [0, 0.1) is 12.8 Å². The van der Waals surface area contributed by atoms with Crippen LogP contribution in [0.1, 0.15) is 38.6 Å². The number of aryl methyl sites for hydroxylation is 2. The van der Waals surface area contributed by atoms with Crippen molar-refractivity contribution in [3.05, 3.63) is 16.4 Å². The van der Waals surface area contributed by atoms with Crippen LogP contribution in [0.25, 0.3) is 0 Å². The van der Waals surface area contributed by atoms with Crippen LogP contribution in [0.3, 0.4) is 0 Å². The van der Waals surface area contributed by atoms with E-state index in [9.17, 15) is 0 Å². The first-order valence-corrected chi connectivity index (χ1v) is 6.94. The third kappa shape index (κ3) is 3.71. The monoisotopic (exact) mass is 257 g/mol. The molecule has 1 unspecified atom stereocenters. The number of aromatic nitrogens is 2. The van der Waals surface area contributed by atoms with Crippen LogP contribution in [0.5, 0.6) is 0 Å². The maximum absolute atomic E-state index is 6.32. The summed E-state index contributed by atoms with van der Waals surface area (Å²) in [5.74, 6) is 0.633. The summed E-state index contributed by atoms with van der Waals surface area (Å²) in [6.45, 7) is 11.4. The van der Waals surface area contributed by atoms with Gasteiger partial charge in [0.1, 0.15) is 0 Å². The molecular weight excluding hydrogens is 234 g/mol. The zero-order chi connectivity index (χ0) is 12.8. The summed E-state index contributed by atoms with van der Waals surface area (Å²) in [6, 6.07) is 0. The Kier molecular flexibility index (Phi) is 6.00. The fraction of sp³-hybridized carbons (Fsp3) is 0.769. The summed E-state index contributed by atoms with van der Waals surface area (Å²) in [5, 5.41) is 8.72. The first-order chi connectivity index (χ1) is 8.13. The maximum atomic E-state index is 6.32. The lowest BCUT2D eigenvalue weighted by Crippen LogP contribution is -2.24. The van der Waals surface area contributed by atoms with Crippen LogP contribution >= 0.6 is 11.6 Å². The third-order valence-electron chi connectivity index (χ3n) is 3.20. The molecule has 1 atom stereocenters. The third-order valence-corrected chi connectivity index (χ3v) is 3.69. The Morgan fingerprint density at radius 1 is 1.35 bits per heavy atom. The van der Waals surface area contributed by atoms with Gasteiger partial charge in [-0.05, 0) is 39.3 Å². The Bertz CT molecular complexity index is 347. The molecule has 1 aromatic rings. The minimum Gasteiger partial charge on any atom is -0.317 e. The van der Waals surface area contributed by atoms with Gasteiger partial charge in [-0.3, -0.25) is 4.68 Å². The predicted octanol–water partition coefficient (Wildman–Crippen LogP) is 3.04. The Balaban J connectivity index is 2.77. The molecule has 4 heteroatoms. The second-order valence-electron chi connectivity index (χ2n) is 4.45. The molecule has 0 aliphatic heterocycles. The molecule has 1 aromatic heterocycles. The summed E-state index contributed by atoms with van der Waals surface area (Å²) in [6.07, 6.45) is 2.17. The van der Waals surface area contributed by atoms with Gasteiger partial charge >= 0.3 is 0 Å². The molecule has 98 valence electrons. The van der Waals surface area contributed by atoms with Crippen LogP contribution in [0.15, 0.2) is 0 Å². The van der Waals surface area contributed by atoms with Crippen LogP contribution in [-0.2, 0) is 13.0 Å². The molecule has 0 radical (unpaired) electrons. The van der Waals surface area contributed by atoms with Crippen molar-refractivity contribution >= 4 is 11.6 Å². The highest BCUT2D eigenvalue weighted by atomic mass is 35.5. The number of halogens is 1. The van der Waals surface area contributed by atoms with Gasteiger partial charge < -0.3 is 5.32 Å². The van der Waals surface area contributed by atoms with E-state index in [0.717, 1.165) is 43.2 Å². The lowest BCUT2D eigenvalue weighted by Gasteiger charge is -2.16. The number of nitrogens with zero attached hydrogens (tertiary/aromatic N) is 2. The van der Waals surface area contributed by atoms with Crippen molar-refractivity contribution < 1.29 is 0 Å². The number of hydrogen-bond donors (Lipinski definition) is 1. The molecule has 3 nitrogen and oxygen atoms in total. The minimum atomic E-state index is 0.633. The maximum Gasteiger partial charge on any atom is 0.0847 e. The van der Waals surface area contributed by atoms with E-state index in [1.54, 1.807) is 0 Å². The molecule has 0 aliphatic rings. The molecule has 0 aromatic carbocycles. The SMILES string of the molecule is CCNCC(CC)Cc1c(Cl)c(C)nn1CC. The van der Waals surface area contributed by atoms with E-state index in [1.807, 2.05) is 11.6 Å². The summed E-state index contributed by atoms with van der Waals surface area (Å²) in [7, 11) is 0. The summed E-state index contributed by atoms with van der Waals surface area (Å²) in [5.41, 5.74) is 2.14. The Hall–Kier alpha value is -0.540. The fourth-order valence-electron chi connectivity index (χ4n) is 2.05. The quantitative estimate of drug-likeness (QED) is 0.814. The van der Waals surface area contributed by atoms with Gasteiger partial charge in [0.2, 0.25) is 0 Å². The van der Waals surface area contributed by atoms with E-state index in [0.29, 0.717) is 5.92 Å². The van der Waals surface area contributed by atoms with Crippen molar-refractivity contribution in [1.29, 1.82) is 0 Å². The molecular formula is C13H24ClN3. The average molecular weight is 258 g/mol. The summed E-state index contributed by atoms with van der Waals surface area (Å²) < 4.78 is 2.03. The molecule has 0 saturated carbocycles. The van der Waals surface area contributed by atoms with Gasteiger partial charge in [0.05, 0.1) is 16.4 Å². The molecule has 0 saturated heterocycles. The predicted molar refractivity (Wildman–Crippen MR) is 73.7 cm³/mol. The van der Waals surface area contributed by atoms with E-state index in [4.69, 9.17) is 11.6 Å². The minimum absolute atomic E-state index is 0.633. The van der Waals surface area contributed by atoms with E-state index in [1.165, 1.54) is 5.69 Å². The summed E-state index contributed by atoms with van der Waals surface area (Å²) >= 11 is 6.32. The zero-order valence-corrected chi connectivity index (χ0v) is 12.1. The van der Waals surface area contributed by atoms with Gasteiger partial charge in [0.15, 0.2) is 0 Å². The summed E-state index contributed by atoms with van der Waals surface area (Å²) in [4.78, 5) is 0. The van der Waals surface area contributed by atoms with Crippen LogP contribution in [0.4, 0.5) is 0 Å². The van der Waals surface area contributed by atoms with Gasteiger partial charge in [-0.15, -0.1) is 0 Å². The van der Waals surface area contributed by atoms with Crippen molar-refractivity contribution in [2.24, 2.45) is 5.92 Å².